The Morgan fingerprint density at radius 3 is 2.36 bits per heavy atom. The number of unbranched alkanes of at least 4 members (excludes halogenated alkanes) is 2. The number of carboxylic acid groups (broad SMARTS) is 1. The number of nitrogens with zero attached hydrogens (tertiary/aromatic N) is 2. The number of carbonyl (C=O) groups excluding carboxylic acids is 1. The normalized spacial score (nSPS) is 20.7. The molecule has 3 aromatic rings. The van der Waals surface area contributed by atoms with Crippen molar-refractivity contribution in [3.63, 3.8) is 0 Å². The molecule has 0 aromatic heterocycles. The van der Waals surface area contributed by atoms with Crippen LogP contribution in [0.25, 0.3) is 0 Å². The number of aliphatic hydroxyl groups is 1. The fourth-order valence-corrected chi connectivity index (χ4v) is 10.4. The van der Waals surface area contributed by atoms with Crippen LogP contribution in [0.4, 0.5) is 4.79 Å². The summed E-state index contributed by atoms with van der Waals surface area (Å²) in [6, 6.07) is 19.9. The summed E-state index contributed by atoms with van der Waals surface area (Å²) in [5.74, 6) is 0.435. The lowest BCUT2D eigenvalue weighted by atomic mass is 9.86. The summed E-state index contributed by atoms with van der Waals surface area (Å²) >= 11 is 0. The minimum absolute atomic E-state index is 0.00404. The van der Waals surface area contributed by atoms with Gasteiger partial charge in [-0.3, -0.25) is 0 Å². The Balaban J connectivity index is 1.21. The molecule has 16 heteroatoms. The summed E-state index contributed by atoms with van der Waals surface area (Å²) in [7, 11) is -7.90. The Morgan fingerprint density at radius 2 is 1.64 bits per heavy atom. The molecule has 3 aliphatic heterocycles. The van der Waals surface area contributed by atoms with E-state index in [2.05, 4.69) is 4.72 Å². The molecule has 0 spiro atoms. The third-order valence-electron chi connectivity index (χ3n) is 10.5. The lowest BCUT2D eigenvalue weighted by molar-refractivity contribution is -0.273. The number of nitrogens with one attached hydrogen (secondary N) is 1. The first-order chi connectivity index (χ1) is 26.2. The fourth-order valence-electron chi connectivity index (χ4n) is 7.64. The highest BCUT2D eigenvalue weighted by molar-refractivity contribution is 7.89. The zero-order valence-electron chi connectivity index (χ0n) is 31.1. The maximum absolute atomic E-state index is 14.5. The second kappa shape index (κ2) is 17.6. The van der Waals surface area contributed by atoms with Crippen LogP contribution in [0.1, 0.15) is 51.5 Å². The average molecular weight is 801 g/mol. The standard InChI is InChI=1S/C39H51N3O11S2/c1-39(2,19-10-5-11-20-40-54(46,47)29-14-8-4-9-15-29)26-41(55(48,49)30-16-17-35-36(23-30)53-27-52-35)24-34(43)32(22-28-12-6-3-7-13-28)42(38(44)45)33-25-51-37-31(33)18-21-50-37/h3-4,6-9,12-17,23,31-34,37,40,43H,5,10-11,18-22,24-27H2,1-2H3,(H,44,45)/p-1/t31-,32-,33-,34+,37+/m0/s1. The molecule has 2 fully saturated rings. The van der Waals surface area contributed by atoms with E-state index in [4.69, 9.17) is 18.9 Å². The Morgan fingerprint density at radius 1 is 0.927 bits per heavy atom. The van der Waals surface area contributed by atoms with Gasteiger partial charge < -0.3 is 38.9 Å². The van der Waals surface area contributed by atoms with Crippen molar-refractivity contribution in [1.82, 2.24) is 13.9 Å². The first-order valence-corrected chi connectivity index (χ1v) is 21.6. The van der Waals surface area contributed by atoms with E-state index in [1.807, 2.05) is 44.2 Å². The highest BCUT2D eigenvalue weighted by Crippen LogP contribution is 2.38. The van der Waals surface area contributed by atoms with Gasteiger partial charge >= 0.3 is 0 Å². The number of ether oxygens (including phenoxy) is 4. The van der Waals surface area contributed by atoms with Gasteiger partial charge in [-0.05, 0) is 60.9 Å². The Bertz CT molecular complexity index is 1970. The van der Waals surface area contributed by atoms with E-state index in [9.17, 15) is 31.8 Å². The molecule has 5 atom stereocenters. The van der Waals surface area contributed by atoms with Gasteiger partial charge in [0.2, 0.25) is 26.8 Å². The number of amides is 1. The van der Waals surface area contributed by atoms with Gasteiger partial charge in [0.15, 0.2) is 17.8 Å². The number of carbonyl (C=O) groups is 1. The first-order valence-electron chi connectivity index (χ1n) is 18.6. The maximum Gasteiger partial charge on any atom is 0.243 e. The summed E-state index contributed by atoms with van der Waals surface area (Å²) in [5.41, 5.74) is 0.149. The van der Waals surface area contributed by atoms with E-state index in [0.29, 0.717) is 44.5 Å². The van der Waals surface area contributed by atoms with Gasteiger partial charge in [-0.15, -0.1) is 0 Å². The summed E-state index contributed by atoms with van der Waals surface area (Å²) in [4.78, 5) is 14.3. The number of sulfonamides is 2. The number of rotatable bonds is 19. The summed E-state index contributed by atoms with van der Waals surface area (Å²) in [5, 5.41) is 25.1. The minimum atomic E-state index is -4.28. The fraction of sp³-hybridized carbons (Fsp3) is 0.513. The van der Waals surface area contributed by atoms with Crippen molar-refractivity contribution in [2.45, 2.75) is 86.6 Å². The maximum atomic E-state index is 14.5. The number of hydrogen-bond acceptors (Lipinski definition) is 11. The lowest BCUT2D eigenvalue weighted by Crippen LogP contribution is -2.61. The molecular formula is C39H50N3O11S2-. The van der Waals surface area contributed by atoms with E-state index in [0.717, 1.165) is 10.5 Å². The Kier molecular flexibility index (Phi) is 13.1. The van der Waals surface area contributed by atoms with Crippen LogP contribution in [0, 0.1) is 11.3 Å². The van der Waals surface area contributed by atoms with Gasteiger partial charge in [0.05, 0.1) is 41.2 Å². The molecule has 2 N–H and O–H groups in total. The van der Waals surface area contributed by atoms with E-state index in [1.165, 1.54) is 34.6 Å². The molecule has 1 amide bonds. The summed E-state index contributed by atoms with van der Waals surface area (Å²) < 4.78 is 80.5. The van der Waals surface area contributed by atoms with Crippen molar-refractivity contribution in [3.05, 3.63) is 84.4 Å². The van der Waals surface area contributed by atoms with Crippen LogP contribution >= 0.6 is 0 Å². The molecular weight excluding hydrogens is 751 g/mol. The number of aliphatic hydroxyl groups excluding tert-OH is 1. The molecule has 3 heterocycles. The quantitative estimate of drug-likeness (QED) is 0.170. The Hall–Kier alpha value is -3.77. The average Bonchev–Trinajstić information content (AvgIpc) is 3.92. The molecule has 0 aliphatic carbocycles. The molecule has 0 bridgehead atoms. The largest absolute Gasteiger partial charge is 0.530 e. The predicted molar refractivity (Wildman–Crippen MR) is 200 cm³/mol. The van der Waals surface area contributed by atoms with Crippen molar-refractivity contribution in [1.29, 1.82) is 0 Å². The van der Waals surface area contributed by atoms with Crippen molar-refractivity contribution in [2.75, 3.05) is 39.6 Å². The van der Waals surface area contributed by atoms with Gasteiger partial charge in [0.1, 0.15) is 6.09 Å². The van der Waals surface area contributed by atoms with Gasteiger partial charge in [-0.1, -0.05) is 75.2 Å². The molecule has 2 saturated heterocycles. The zero-order chi connectivity index (χ0) is 39.2. The molecule has 3 aliphatic rings. The van der Waals surface area contributed by atoms with E-state index in [1.54, 1.807) is 18.2 Å². The Labute approximate surface area is 323 Å². The first kappa shape index (κ1) is 40.9. The van der Waals surface area contributed by atoms with Gasteiger partial charge in [-0.2, -0.15) is 4.31 Å². The molecule has 0 unspecified atom stereocenters. The number of fused-ring (bicyclic) bond motifs is 2. The van der Waals surface area contributed by atoms with E-state index >= 15 is 0 Å². The molecule has 300 valence electrons. The van der Waals surface area contributed by atoms with Crippen molar-refractivity contribution >= 4 is 26.1 Å². The van der Waals surface area contributed by atoms with Gasteiger partial charge in [0, 0.05) is 31.6 Å². The van der Waals surface area contributed by atoms with Gasteiger partial charge in [-0.25, -0.2) is 21.6 Å². The monoisotopic (exact) mass is 800 g/mol. The van der Waals surface area contributed by atoms with Crippen LogP contribution in [0.3, 0.4) is 0 Å². The highest BCUT2D eigenvalue weighted by atomic mass is 32.2. The zero-order valence-corrected chi connectivity index (χ0v) is 32.8. The third kappa shape index (κ3) is 9.97. The van der Waals surface area contributed by atoms with Crippen molar-refractivity contribution < 1.29 is 50.8 Å². The molecule has 14 nitrogen and oxygen atoms in total. The van der Waals surface area contributed by atoms with Crippen LogP contribution < -0.4 is 19.3 Å². The molecule has 55 heavy (non-hydrogen) atoms. The van der Waals surface area contributed by atoms with Crippen LogP contribution in [0.5, 0.6) is 11.5 Å². The SMILES string of the molecule is CC(C)(CCCCCNS(=O)(=O)c1ccccc1)CN(C[C@@H](O)[C@H](Cc1ccccc1)N(C(=O)[O-])[C@H]1CO[C@H]2OCC[C@H]21)S(=O)(=O)c1ccc2c(c1)OCO2. The van der Waals surface area contributed by atoms with Crippen molar-refractivity contribution in [2.24, 2.45) is 11.3 Å². The van der Waals surface area contributed by atoms with Gasteiger partial charge in [0.25, 0.3) is 0 Å². The van der Waals surface area contributed by atoms with Crippen LogP contribution in [-0.4, -0.2) is 101 Å². The predicted octanol–water partition coefficient (Wildman–Crippen LogP) is 3.35. The summed E-state index contributed by atoms with van der Waals surface area (Å²) in [6.45, 7) is 4.14. The molecule has 3 aromatic carbocycles. The lowest BCUT2D eigenvalue weighted by Gasteiger charge is -2.43. The van der Waals surface area contributed by atoms with Crippen LogP contribution in [0.15, 0.2) is 88.7 Å². The molecule has 6 rings (SSSR count). The second-order valence-electron chi connectivity index (χ2n) is 15.1. The minimum Gasteiger partial charge on any atom is -0.530 e. The third-order valence-corrected chi connectivity index (χ3v) is 13.8. The van der Waals surface area contributed by atoms with Crippen LogP contribution in [0.2, 0.25) is 0 Å². The highest BCUT2D eigenvalue weighted by Gasteiger charge is 2.47. The second-order valence-corrected chi connectivity index (χ2v) is 18.8. The van der Waals surface area contributed by atoms with E-state index in [-0.39, 0.29) is 54.4 Å². The number of hydrogen-bond donors (Lipinski definition) is 2. The number of benzene rings is 3. The molecule has 0 radical (unpaired) electrons. The van der Waals surface area contributed by atoms with Crippen molar-refractivity contribution in [3.8, 4) is 11.5 Å². The van der Waals surface area contributed by atoms with E-state index < -0.39 is 62.6 Å². The summed E-state index contributed by atoms with van der Waals surface area (Å²) in [6.07, 6.45) is -0.315. The van der Waals surface area contributed by atoms with Crippen LogP contribution in [-0.2, 0) is 35.9 Å². The topological polar surface area (TPSA) is 184 Å². The molecule has 0 saturated carbocycles. The smallest absolute Gasteiger partial charge is 0.243 e.